The molecule has 1 N–H and O–H groups in total. The second-order valence-corrected chi connectivity index (χ2v) is 9.35. The molecule has 0 bridgehead atoms. The van der Waals surface area contributed by atoms with Gasteiger partial charge in [0.25, 0.3) is 0 Å². The number of carbonyl (C=O) groups is 2. The van der Waals surface area contributed by atoms with Gasteiger partial charge < -0.3 is 10.1 Å². The van der Waals surface area contributed by atoms with E-state index in [0.717, 1.165) is 37.8 Å². The highest BCUT2D eigenvalue weighted by atomic mass is 32.2. The van der Waals surface area contributed by atoms with Crippen molar-refractivity contribution in [1.82, 2.24) is 4.90 Å². The number of hydrogen-bond acceptors (Lipinski definition) is 6. The molecule has 2 fully saturated rings. The van der Waals surface area contributed by atoms with Crippen molar-refractivity contribution >= 4 is 27.4 Å². The van der Waals surface area contributed by atoms with Crippen molar-refractivity contribution in [3.63, 3.8) is 0 Å². The van der Waals surface area contributed by atoms with E-state index in [0.29, 0.717) is 12.3 Å². The average Bonchev–Trinajstić information content (AvgIpc) is 3.06. The number of ether oxygens (including phenoxy) is 1. The van der Waals surface area contributed by atoms with Gasteiger partial charge in [0, 0.05) is 11.7 Å². The van der Waals surface area contributed by atoms with E-state index in [1.807, 2.05) is 4.90 Å². The minimum absolute atomic E-state index is 0.00197. The Bertz CT molecular complexity index is 860. The molecule has 3 atom stereocenters. The van der Waals surface area contributed by atoms with Crippen molar-refractivity contribution in [3.8, 4) is 0 Å². The third kappa shape index (κ3) is 4.58. The number of halogens is 2. The number of likely N-dealkylation sites (tertiary alicyclic amines) is 1. The summed E-state index contributed by atoms with van der Waals surface area (Å²) in [4.78, 5) is 26.1. The van der Waals surface area contributed by atoms with Gasteiger partial charge in [-0.3, -0.25) is 14.5 Å². The fraction of sp³-hybridized carbons (Fsp3) is 0.579. The quantitative estimate of drug-likeness (QED) is 0.697. The Balaban J connectivity index is 1.68. The largest absolute Gasteiger partial charge is 0.468 e. The number of esters is 1. The molecule has 3 rings (SSSR count). The topological polar surface area (TPSA) is 92.8 Å². The predicted molar refractivity (Wildman–Crippen MR) is 101 cm³/mol. The standard InChI is InChI=1S/C19H24F2N2O5S/c1-28-18(25)16-10-12-4-2-3-5-15(12)23(16)11-17(24)22-13-6-8-14(9-7-13)29(26,27)19(20)21/h6-9,12,15-16,19H,2-5,10-11H2,1H3,(H,22,24). The zero-order valence-corrected chi connectivity index (χ0v) is 16.8. The summed E-state index contributed by atoms with van der Waals surface area (Å²) in [5.41, 5.74) is 0.289. The third-order valence-electron chi connectivity index (χ3n) is 5.72. The summed E-state index contributed by atoms with van der Waals surface area (Å²) >= 11 is 0. The van der Waals surface area contributed by atoms with Gasteiger partial charge >= 0.3 is 11.7 Å². The van der Waals surface area contributed by atoms with Crippen molar-refractivity contribution in [2.24, 2.45) is 5.92 Å². The van der Waals surface area contributed by atoms with Crippen LogP contribution in [-0.4, -0.2) is 56.7 Å². The predicted octanol–water partition coefficient (Wildman–Crippen LogP) is 2.43. The van der Waals surface area contributed by atoms with Gasteiger partial charge in [0.1, 0.15) is 6.04 Å². The summed E-state index contributed by atoms with van der Waals surface area (Å²) in [6, 6.07) is 4.27. The highest BCUT2D eigenvalue weighted by molar-refractivity contribution is 7.91. The van der Waals surface area contributed by atoms with E-state index < -0.39 is 26.5 Å². The molecule has 10 heteroatoms. The number of fused-ring (bicyclic) bond motifs is 1. The molecule has 1 aliphatic carbocycles. The molecular formula is C19H24F2N2O5S. The Kier molecular flexibility index (Phi) is 6.52. The maximum absolute atomic E-state index is 12.6. The Morgan fingerprint density at radius 1 is 1.21 bits per heavy atom. The molecule has 3 unspecified atom stereocenters. The van der Waals surface area contributed by atoms with Crippen LogP contribution in [0.2, 0.25) is 0 Å². The van der Waals surface area contributed by atoms with Gasteiger partial charge in [0.2, 0.25) is 15.7 Å². The summed E-state index contributed by atoms with van der Waals surface area (Å²) in [6.07, 6.45) is 4.78. The molecule has 1 saturated heterocycles. The van der Waals surface area contributed by atoms with Gasteiger partial charge in [-0.25, -0.2) is 8.42 Å². The summed E-state index contributed by atoms with van der Waals surface area (Å²) in [5.74, 6) is -3.86. The maximum Gasteiger partial charge on any atom is 0.341 e. The third-order valence-corrected chi connectivity index (χ3v) is 7.12. The zero-order chi connectivity index (χ0) is 21.2. The number of hydrogen-bond donors (Lipinski definition) is 1. The first kappa shape index (κ1) is 21.6. The van der Waals surface area contributed by atoms with E-state index in [2.05, 4.69) is 5.32 Å². The lowest BCUT2D eigenvalue weighted by Crippen LogP contribution is -2.46. The van der Waals surface area contributed by atoms with E-state index in [4.69, 9.17) is 4.74 Å². The smallest absolute Gasteiger partial charge is 0.341 e. The normalized spacial score (nSPS) is 24.9. The molecule has 7 nitrogen and oxygen atoms in total. The first-order valence-corrected chi connectivity index (χ1v) is 11.0. The van der Waals surface area contributed by atoms with Crippen molar-refractivity contribution < 1.29 is 31.5 Å². The van der Waals surface area contributed by atoms with E-state index in [1.165, 1.54) is 19.2 Å². The first-order chi connectivity index (χ1) is 13.7. The molecule has 0 spiro atoms. The lowest BCUT2D eigenvalue weighted by Gasteiger charge is -2.32. The molecule has 1 amide bonds. The Morgan fingerprint density at radius 3 is 2.48 bits per heavy atom. The summed E-state index contributed by atoms with van der Waals surface area (Å²) in [5, 5.41) is 2.63. The van der Waals surface area contributed by atoms with Crippen LogP contribution >= 0.6 is 0 Å². The van der Waals surface area contributed by atoms with Crippen molar-refractivity contribution in [1.29, 1.82) is 0 Å². The van der Waals surface area contributed by atoms with Crippen LogP contribution < -0.4 is 5.32 Å². The first-order valence-electron chi connectivity index (χ1n) is 9.49. The summed E-state index contributed by atoms with van der Waals surface area (Å²) in [6.45, 7) is -0.00197. The van der Waals surface area contributed by atoms with Crippen LogP contribution in [0, 0.1) is 5.92 Å². The molecular weight excluding hydrogens is 406 g/mol. The van der Waals surface area contributed by atoms with Crippen molar-refractivity contribution in [2.75, 3.05) is 19.0 Å². The van der Waals surface area contributed by atoms with E-state index >= 15 is 0 Å². The SMILES string of the molecule is COC(=O)C1CC2CCCCC2N1CC(=O)Nc1ccc(S(=O)(=O)C(F)F)cc1. The van der Waals surface area contributed by atoms with Crippen molar-refractivity contribution in [3.05, 3.63) is 24.3 Å². The lowest BCUT2D eigenvalue weighted by atomic mass is 9.85. The molecule has 160 valence electrons. The van der Waals surface area contributed by atoms with Gasteiger partial charge in [-0.2, -0.15) is 8.78 Å². The lowest BCUT2D eigenvalue weighted by molar-refractivity contribution is -0.146. The van der Waals surface area contributed by atoms with Gasteiger partial charge in [-0.15, -0.1) is 0 Å². The van der Waals surface area contributed by atoms with Gasteiger partial charge in [-0.05, 0) is 49.4 Å². The number of carbonyl (C=O) groups excluding carboxylic acids is 2. The van der Waals surface area contributed by atoms with E-state index in [9.17, 15) is 26.8 Å². The average molecular weight is 430 g/mol. The monoisotopic (exact) mass is 430 g/mol. The van der Waals surface area contributed by atoms with Gasteiger partial charge in [-0.1, -0.05) is 12.8 Å². The Hall–Kier alpha value is -2.07. The highest BCUT2D eigenvalue weighted by Crippen LogP contribution is 2.39. The number of amides is 1. The molecule has 0 radical (unpaired) electrons. The molecule has 1 aromatic rings. The number of anilines is 1. The van der Waals surface area contributed by atoms with Crippen LogP contribution in [0.3, 0.4) is 0 Å². The second-order valence-electron chi connectivity index (χ2n) is 7.44. The Labute approximate surface area is 168 Å². The summed E-state index contributed by atoms with van der Waals surface area (Å²) < 4.78 is 53.0. The molecule has 1 aliphatic heterocycles. The van der Waals surface area contributed by atoms with Crippen LogP contribution in [0.5, 0.6) is 0 Å². The van der Waals surface area contributed by atoms with Gasteiger partial charge in [0.15, 0.2) is 0 Å². The zero-order valence-electron chi connectivity index (χ0n) is 16.0. The fourth-order valence-corrected chi connectivity index (χ4v) is 5.07. The van der Waals surface area contributed by atoms with E-state index in [1.54, 1.807) is 0 Å². The van der Waals surface area contributed by atoms with Crippen LogP contribution in [0.4, 0.5) is 14.5 Å². The highest BCUT2D eigenvalue weighted by Gasteiger charge is 2.46. The van der Waals surface area contributed by atoms with Crippen LogP contribution in [0.1, 0.15) is 32.1 Å². The van der Waals surface area contributed by atoms with Crippen LogP contribution in [0.25, 0.3) is 0 Å². The number of rotatable bonds is 6. The number of alkyl halides is 2. The molecule has 0 aromatic heterocycles. The van der Waals surface area contributed by atoms with Crippen molar-refractivity contribution in [2.45, 2.75) is 54.8 Å². The fourth-order valence-electron chi connectivity index (χ4n) is 4.35. The molecule has 1 heterocycles. The second kappa shape index (κ2) is 8.74. The minimum Gasteiger partial charge on any atom is -0.468 e. The maximum atomic E-state index is 12.6. The van der Waals surface area contributed by atoms with E-state index in [-0.39, 0.29) is 30.2 Å². The number of nitrogens with one attached hydrogen (secondary N) is 1. The number of benzene rings is 1. The van der Waals surface area contributed by atoms with Gasteiger partial charge in [0.05, 0.1) is 18.6 Å². The minimum atomic E-state index is -4.68. The molecule has 1 aromatic carbocycles. The number of nitrogens with zero attached hydrogens (tertiary/aromatic N) is 1. The van der Waals surface area contributed by atoms with Crippen LogP contribution in [0.15, 0.2) is 29.2 Å². The summed E-state index contributed by atoms with van der Waals surface area (Å²) in [7, 11) is -3.35. The van der Waals surface area contributed by atoms with Crippen LogP contribution in [-0.2, 0) is 24.2 Å². The Morgan fingerprint density at radius 2 is 1.86 bits per heavy atom. The number of sulfone groups is 1. The molecule has 29 heavy (non-hydrogen) atoms. The molecule has 2 aliphatic rings. The number of methoxy groups -OCH3 is 1. The molecule has 1 saturated carbocycles.